The standard InChI is InChI=1S/C13H22N4/c1(7-17-8-2-6-15-17)5-14-13-4-10-16-9-3-12(13)11-16/h2,6,8,12-14H,1,3-5,7,9-11H2. The molecule has 1 aromatic heterocycles. The highest BCUT2D eigenvalue weighted by atomic mass is 15.3. The molecule has 3 heterocycles. The maximum absolute atomic E-state index is 4.22. The predicted octanol–water partition coefficient (Wildman–Crippen LogP) is 0.957. The van der Waals surface area contributed by atoms with Crippen LogP contribution < -0.4 is 5.32 Å². The lowest BCUT2D eigenvalue weighted by Crippen LogP contribution is -2.44. The fourth-order valence-corrected chi connectivity index (χ4v) is 3.18. The Labute approximate surface area is 103 Å². The fourth-order valence-electron chi connectivity index (χ4n) is 3.18. The molecule has 0 amide bonds. The topological polar surface area (TPSA) is 33.1 Å². The van der Waals surface area contributed by atoms with Gasteiger partial charge in [0.25, 0.3) is 0 Å². The lowest BCUT2D eigenvalue weighted by molar-refractivity contribution is 0.220. The van der Waals surface area contributed by atoms with Crippen molar-refractivity contribution in [1.82, 2.24) is 20.0 Å². The Morgan fingerprint density at radius 2 is 2.24 bits per heavy atom. The van der Waals surface area contributed by atoms with Crippen molar-refractivity contribution in [2.24, 2.45) is 5.92 Å². The van der Waals surface area contributed by atoms with Gasteiger partial charge in [-0.25, -0.2) is 0 Å². The minimum atomic E-state index is 0.770. The molecule has 0 spiro atoms. The molecule has 2 saturated heterocycles. The zero-order chi connectivity index (χ0) is 11.5. The van der Waals surface area contributed by atoms with E-state index < -0.39 is 0 Å². The number of aromatic nitrogens is 2. The van der Waals surface area contributed by atoms with Crippen LogP contribution in [-0.4, -0.2) is 46.9 Å². The average molecular weight is 234 g/mol. The first-order chi connectivity index (χ1) is 8.42. The van der Waals surface area contributed by atoms with Crippen LogP contribution in [0.5, 0.6) is 0 Å². The Hall–Kier alpha value is -0.870. The van der Waals surface area contributed by atoms with E-state index >= 15 is 0 Å². The first kappa shape index (κ1) is 11.2. The third kappa shape index (κ3) is 2.69. The van der Waals surface area contributed by atoms with Crippen LogP contribution in [0.25, 0.3) is 0 Å². The SMILES string of the molecule is c1cnn(CCCNC2CCN3CCC2C3)c1. The van der Waals surface area contributed by atoms with Gasteiger partial charge in [-0.1, -0.05) is 0 Å². The largest absolute Gasteiger partial charge is 0.314 e. The zero-order valence-electron chi connectivity index (χ0n) is 10.4. The summed E-state index contributed by atoms with van der Waals surface area (Å²) in [7, 11) is 0. The van der Waals surface area contributed by atoms with Gasteiger partial charge in [-0.05, 0) is 50.9 Å². The maximum atomic E-state index is 4.22. The van der Waals surface area contributed by atoms with Crippen LogP contribution in [-0.2, 0) is 6.54 Å². The molecule has 2 bridgehead atoms. The lowest BCUT2D eigenvalue weighted by atomic mass is 9.94. The van der Waals surface area contributed by atoms with Crippen molar-refractivity contribution in [3.8, 4) is 0 Å². The molecule has 2 aliphatic rings. The normalized spacial score (nSPS) is 31.9. The molecule has 1 aromatic rings. The summed E-state index contributed by atoms with van der Waals surface area (Å²) in [6.07, 6.45) is 7.80. The number of rotatable bonds is 5. The van der Waals surface area contributed by atoms with E-state index in [9.17, 15) is 0 Å². The minimum absolute atomic E-state index is 0.770. The molecule has 2 fully saturated rings. The van der Waals surface area contributed by atoms with E-state index in [4.69, 9.17) is 0 Å². The van der Waals surface area contributed by atoms with E-state index in [0.29, 0.717) is 0 Å². The number of nitrogens with zero attached hydrogens (tertiary/aromatic N) is 3. The van der Waals surface area contributed by atoms with Crippen LogP contribution >= 0.6 is 0 Å². The zero-order valence-corrected chi connectivity index (χ0v) is 10.4. The van der Waals surface area contributed by atoms with E-state index in [0.717, 1.165) is 25.0 Å². The average Bonchev–Trinajstić information content (AvgIpc) is 2.97. The highest BCUT2D eigenvalue weighted by Gasteiger charge is 2.33. The molecule has 17 heavy (non-hydrogen) atoms. The highest BCUT2D eigenvalue weighted by molar-refractivity contribution is 4.90. The second kappa shape index (κ2) is 5.19. The molecule has 4 heteroatoms. The number of hydrogen-bond donors (Lipinski definition) is 1. The van der Waals surface area contributed by atoms with Gasteiger partial charge >= 0.3 is 0 Å². The Morgan fingerprint density at radius 3 is 3.12 bits per heavy atom. The van der Waals surface area contributed by atoms with Crippen molar-refractivity contribution < 1.29 is 0 Å². The van der Waals surface area contributed by atoms with E-state index in [1.165, 1.54) is 38.9 Å². The molecule has 0 aliphatic carbocycles. The second-order valence-corrected chi connectivity index (χ2v) is 5.32. The summed E-state index contributed by atoms with van der Waals surface area (Å²) in [6, 6.07) is 2.76. The van der Waals surface area contributed by atoms with Gasteiger partial charge < -0.3 is 10.2 Å². The Morgan fingerprint density at radius 1 is 1.29 bits per heavy atom. The van der Waals surface area contributed by atoms with Gasteiger partial charge in [0.1, 0.15) is 0 Å². The van der Waals surface area contributed by atoms with Crippen molar-refractivity contribution in [2.75, 3.05) is 26.2 Å². The first-order valence-electron chi connectivity index (χ1n) is 6.85. The van der Waals surface area contributed by atoms with Crippen LogP contribution in [0.15, 0.2) is 18.5 Å². The monoisotopic (exact) mass is 234 g/mol. The molecular formula is C13H22N4. The van der Waals surface area contributed by atoms with Crippen molar-refractivity contribution in [3.63, 3.8) is 0 Å². The molecule has 1 N–H and O–H groups in total. The number of aryl methyl sites for hydroxylation is 1. The fraction of sp³-hybridized carbons (Fsp3) is 0.769. The molecule has 3 rings (SSSR count). The quantitative estimate of drug-likeness (QED) is 0.770. The Bertz CT molecular complexity index is 335. The summed E-state index contributed by atoms with van der Waals surface area (Å²) >= 11 is 0. The summed E-state index contributed by atoms with van der Waals surface area (Å²) in [5.41, 5.74) is 0. The van der Waals surface area contributed by atoms with E-state index in [1.807, 2.05) is 23.1 Å². The molecule has 0 radical (unpaired) electrons. The van der Waals surface area contributed by atoms with Gasteiger partial charge in [-0.2, -0.15) is 5.10 Å². The minimum Gasteiger partial charge on any atom is -0.314 e. The molecule has 3 unspecified atom stereocenters. The molecule has 4 nitrogen and oxygen atoms in total. The van der Waals surface area contributed by atoms with Crippen molar-refractivity contribution in [1.29, 1.82) is 0 Å². The molecule has 0 aromatic carbocycles. The summed E-state index contributed by atoms with van der Waals surface area (Å²) in [4.78, 5) is 2.60. The van der Waals surface area contributed by atoms with Gasteiger partial charge in [0.2, 0.25) is 0 Å². The van der Waals surface area contributed by atoms with Crippen LogP contribution in [0.1, 0.15) is 19.3 Å². The number of hydrogen-bond acceptors (Lipinski definition) is 3. The van der Waals surface area contributed by atoms with Crippen LogP contribution in [0.2, 0.25) is 0 Å². The number of piperidine rings is 1. The van der Waals surface area contributed by atoms with Crippen LogP contribution in [0.4, 0.5) is 0 Å². The molecular weight excluding hydrogens is 212 g/mol. The molecule has 0 saturated carbocycles. The van der Waals surface area contributed by atoms with Gasteiger partial charge in [0.15, 0.2) is 0 Å². The number of fused-ring (bicyclic) bond motifs is 2. The Balaban J connectivity index is 1.37. The third-order valence-electron chi connectivity index (χ3n) is 4.16. The smallest absolute Gasteiger partial charge is 0.0489 e. The van der Waals surface area contributed by atoms with Crippen molar-refractivity contribution in [3.05, 3.63) is 18.5 Å². The van der Waals surface area contributed by atoms with Crippen molar-refractivity contribution in [2.45, 2.75) is 31.8 Å². The van der Waals surface area contributed by atoms with Gasteiger partial charge in [-0.3, -0.25) is 4.68 Å². The molecule has 3 atom stereocenters. The van der Waals surface area contributed by atoms with Gasteiger partial charge in [0.05, 0.1) is 0 Å². The van der Waals surface area contributed by atoms with Gasteiger partial charge in [-0.15, -0.1) is 0 Å². The summed E-state index contributed by atoms with van der Waals surface area (Å²) in [5.74, 6) is 0.911. The summed E-state index contributed by atoms with van der Waals surface area (Å²) in [6.45, 7) is 6.12. The second-order valence-electron chi connectivity index (χ2n) is 5.32. The highest BCUT2D eigenvalue weighted by Crippen LogP contribution is 2.26. The van der Waals surface area contributed by atoms with Crippen LogP contribution in [0, 0.1) is 5.92 Å². The molecule has 2 aliphatic heterocycles. The van der Waals surface area contributed by atoms with E-state index in [1.54, 1.807) is 0 Å². The Kier molecular flexibility index (Phi) is 3.43. The van der Waals surface area contributed by atoms with E-state index in [-0.39, 0.29) is 0 Å². The number of nitrogens with one attached hydrogen (secondary N) is 1. The maximum Gasteiger partial charge on any atom is 0.0489 e. The van der Waals surface area contributed by atoms with Crippen molar-refractivity contribution >= 4 is 0 Å². The van der Waals surface area contributed by atoms with E-state index in [2.05, 4.69) is 15.3 Å². The predicted molar refractivity (Wildman–Crippen MR) is 67.8 cm³/mol. The summed E-state index contributed by atoms with van der Waals surface area (Å²) < 4.78 is 2.01. The molecule has 94 valence electrons. The van der Waals surface area contributed by atoms with Gasteiger partial charge in [0, 0.05) is 31.5 Å². The summed E-state index contributed by atoms with van der Waals surface area (Å²) in [5, 5.41) is 7.96. The van der Waals surface area contributed by atoms with Crippen LogP contribution in [0.3, 0.4) is 0 Å². The third-order valence-corrected chi connectivity index (χ3v) is 4.16. The first-order valence-corrected chi connectivity index (χ1v) is 6.85. The lowest BCUT2D eigenvalue weighted by Gasteiger charge is -2.31.